The molecule has 3 rings (SSSR count). The summed E-state index contributed by atoms with van der Waals surface area (Å²) in [7, 11) is 1.78. The lowest BCUT2D eigenvalue weighted by Gasteiger charge is -1.91. The molecular formula is C12H10N6. The normalized spacial score (nSPS) is 10.7. The molecule has 0 aliphatic heterocycles. The second kappa shape index (κ2) is 3.60. The lowest BCUT2D eigenvalue weighted by atomic mass is 10.2. The van der Waals surface area contributed by atoms with Gasteiger partial charge in [0, 0.05) is 30.5 Å². The van der Waals surface area contributed by atoms with Gasteiger partial charge in [0.1, 0.15) is 11.7 Å². The van der Waals surface area contributed by atoms with Crippen LogP contribution in [-0.2, 0) is 7.05 Å². The Morgan fingerprint density at radius 3 is 3.06 bits per heavy atom. The summed E-state index contributed by atoms with van der Waals surface area (Å²) in [6, 6.07) is 5.70. The fourth-order valence-corrected chi connectivity index (χ4v) is 1.96. The van der Waals surface area contributed by atoms with Gasteiger partial charge in [-0.1, -0.05) is 0 Å². The number of hydrogen-bond donors (Lipinski definition) is 2. The van der Waals surface area contributed by atoms with Gasteiger partial charge in [0.25, 0.3) is 0 Å². The molecule has 0 aliphatic rings. The molecule has 0 unspecified atom stereocenters. The first-order valence-electron chi connectivity index (χ1n) is 5.36. The highest BCUT2D eigenvalue weighted by atomic mass is 15.3. The number of nitrogens with zero attached hydrogens (tertiary/aromatic N) is 4. The third-order valence-electron chi connectivity index (χ3n) is 2.79. The number of hydrogen-bond acceptors (Lipinski definition) is 4. The van der Waals surface area contributed by atoms with Crippen LogP contribution in [0.2, 0.25) is 0 Å². The molecule has 3 aromatic heterocycles. The SMILES string of the molecule is Cn1cc(-c2cc3c(N)ccnc3[nH]2)c(C#N)n1. The van der Waals surface area contributed by atoms with Crippen molar-refractivity contribution in [1.82, 2.24) is 19.7 Å². The molecule has 0 saturated carbocycles. The summed E-state index contributed by atoms with van der Waals surface area (Å²) in [5.74, 6) is 0. The first-order chi connectivity index (χ1) is 8.69. The summed E-state index contributed by atoms with van der Waals surface area (Å²) in [6.45, 7) is 0. The second-order valence-electron chi connectivity index (χ2n) is 4.02. The van der Waals surface area contributed by atoms with Crippen LogP contribution in [0.15, 0.2) is 24.5 Å². The Labute approximate surface area is 103 Å². The minimum Gasteiger partial charge on any atom is -0.398 e. The average molecular weight is 238 g/mol. The van der Waals surface area contributed by atoms with E-state index in [1.165, 1.54) is 0 Å². The number of nitriles is 1. The predicted octanol–water partition coefficient (Wildman–Crippen LogP) is 1.42. The van der Waals surface area contributed by atoms with E-state index in [9.17, 15) is 0 Å². The molecule has 0 aliphatic carbocycles. The number of fused-ring (bicyclic) bond motifs is 1. The highest BCUT2D eigenvalue weighted by Crippen LogP contribution is 2.27. The summed E-state index contributed by atoms with van der Waals surface area (Å²) in [5, 5.41) is 14.0. The number of aryl methyl sites for hydroxylation is 1. The number of anilines is 1. The molecule has 18 heavy (non-hydrogen) atoms. The molecular weight excluding hydrogens is 228 g/mol. The van der Waals surface area contributed by atoms with Crippen molar-refractivity contribution >= 4 is 16.7 Å². The van der Waals surface area contributed by atoms with E-state index in [1.807, 2.05) is 6.07 Å². The van der Waals surface area contributed by atoms with Crippen LogP contribution in [0.3, 0.4) is 0 Å². The number of aromatic amines is 1. The van der Waals surface area contributed by atoms with Crippen LogP contribution in [0.25, 0.3) is 22.3 Å². The van der Waals surface area contributed by atoms with E-state index >= 15 is 0 Å². The minimum atomic E-state index is 0.377. The largest absolute Gasteiger partial charge is 0.398 e. The van der Waals surface area contributed by atoms with Gasteiger partial charge in [-0.3, -0.25) is 4.68 Å². The number of nitrogens with one attached hydrogen (secondary N) is 1. The van der Waals surface area contributed by atoms with Gasteiger partial charge < -0.3 is 10.7 Å². The first kappa shape index (κ1) is 10.4. The van der Waals surface area contributed by atoms with Crippen LogP contribution in [0.4, 0.5) is 5.69 Å². The standard InChI is InChI=1S/C12H10N6/c1-18-6-8(11(5-13)17-18)10-4-7-9(14)2-3-15-12(7)16-10/h2-4,6H,1H3,(H3,14,15,16). The second-order valence-corrected chi connectivity index (χ2v) is 4.02. The maximum absolute atomic E-state index is 9.04. The fraction of sp³-hybridized carbons (Fsp3) is 0.0833. The zero-order valence-electron chi connectivity index (χ0n) is 9.68. The summed E-state index contributed by atoms with van der Waals surface area (Å²) in [4.78, 5) is 7.35. The van der Waals surface area contributed by atoms with Gasteiger partial charge in [0.15, 0.2) is 5.69 Å². The Bertz CT molecular complexity index is 774. The summed E-state index contributed by atoms with van der Waals surface area (Å²) < 4.78 is 1.61. The topological polar surface area (TPSA) is 96.3 Å². The first-order valence-corrected chi connectivity index (χ1v) is 5.36. The van der Waals surface area contributed by atoms with Crippen LogP contribution >= 0.6 is 0 Å². The van der Waals surface area contributed by atoms with Gasteiger partial charge in [0.05, 0.1) is 11.3 Å². The molecule has 0 fully saturated rings. The lowest BCUT2D eigenvalue weighted by molar-refractivity contribution is 0.763. The summed E-state index contributed by atoms with van der Waals surface area (Å²) in [6.07, 6.45) is 3.44. The molecule has 3 heterocycles. The quantitative estimate of drug-likeness (QED) is 0.670. The van der Waals surface area contributed by atoms with Gasteiger partial charge in [-0.2, -0.15) is 10.4 Å². The monoisotopic (exact) mass is 238 g/mol. The van der Waals surface area contributed by atoms with Crippen LogP contribution in [0.1, 0.15) is 5.69 Å². The average Bonchev–Trinajstić information content (AvgIpc) is 2.92. The fourth-order valence-electron chi connectivity index (χ4n) is 1.96. The number of rotatable bonds is 1. The minimum absolute atomic E-state index is 0.377. The zero-order valence-corrected chi connectivity index (χ0v) is 9.68. The van der Waals surface area contributed by atoms with Crippen molar-refractivity contribution in [2.75, 3.05) is 5.73 Å². The Morgan fingerprint density at radius 1 is 1.50 bits per heavy atom. The maximum atomic E-state index is 9.04. The molecule has 0 atom stereocenters. The Balaban J connectivity index is 2.26. The van der Waals surface area contributed by atoms with Gasteiger partial charge in [0.2, 0.25) is 0 Å². The zero-order chi connectivity index (χ0) is 12.7. The van der Waals surface area contributed by atoms with Gasteiger partial charge >= 0.3 is 0 Å². The van der Waals surface area contributed by atoms with Crippen molar-refractivity contribution in [2.45, 2.75) is 0 Å². The molecule has 0 aromatic carbocycles. The molecule has 0 spiro atoms. The number of H-pyrrole nitrogens is 1. The molecule has 3 N–H and O–H groups in total. The highest BCUT2D eigenvalue weighted by molar-refractivity contribution is 5.92. The van der Waals surface area contributed by atoms with Crippen molar-refractivity contribution in [1.29, 1.82) is 5.26 Å². The van der Waals surface area contributed by atoms with Gasteiger partial charge in [-0.15, -0.1) is 0 Å². The van der Waals surface area contributed by atoms with E-state index in [0.717, 1.165) is 16.6 Å². The van der Waals surface area contributed by atoms with E-state index in [-0.39, 0.29) is 0 Å². The van der Waals surface area contributed by atoms with Crippen molar-refractivity contribution in [3.63, 3.8) is 0 Å². The summed E-state index contributed by atoms with van der Waals surface area (Å²) >= 11 is 0. The molecule has 0 saturated heterocycles. The van der Waals surface area contributed by atoms with Crippen LogP contribution in [0.5, 0.6) is 0 Å². The molecule has 0 bridgehead atoms. The van der Waals surface area contributed by atoms with Crippen LogP contribution in [-0.4, -0.2) is 19.7 Å². The van der Waals surface area contributed by atoms with E-state index in [4.69, 9.17) is 11.0 Å². The van der Waals surface area contributed by atoms with Crippen molar-refractivity contribution in [3.05, 3.63) is 30.2 Å². The smallest absolute Gasteiger partial charge is 0.171 e. The maximum Gasteiger partial charge on any atom is 0.171 e. The number of aromatic nitrogens is 4. The third kappa shape index (κ3) is 1.42. The summed E-state index contributed by atoms with van der Waals surface area (Å²) in [5.41, 5.74) is 9.16. The van der Waals surface area contributed by atoms with E-state index < -0.39 is 0 Å². The highest BCUT2D eigenvalue weighted by Gasteiger charge is 2.13. The molecule has 0 amide bonds. The Kier molecular flexibility index (Phi) is 2.07. The van der Waals surface area contributed by atoms with Gasteiger partial charge in [-0.05, 0) is 12.1 Å². The van der Waals surface area contributed by atoms with E-state index in [2.05, 4.69) is 21.1 Å². The molecule has 3 aromatic rings. The van der Waals surface area contributed by atoms with Crippen LogP contribution in [0, 0.1) is 11.3 Å². The molecule has 0 radical (unpaired) electrons. The number of nitrogens with two attached hydrogens (primary N) is 1. The van der Waals surface area contributed by atoms with Crippen LogP contribution < -0.4 is 5.73 Å². The number of pyridine rings is 1. The van der Waals surface area contributed by atoms with Crippen molar-refractivity contribution < 1.29 is 0 Å². The predicted molar refractivity (Wildman–Crippen MR) is 67.4 cm³/mol. The molecule has 6 heteroatoms. The lowest BCUT2D eigenvalue weighted by Crippen LogP contribution is -1.86. The molecule has 88 valence electrons. The number of nitrogen functional groups attached to an aromatic ring is 1. The Morgan fingerprint density at radius 2 is 2.33 bits per heavy atom. The van der Waals surface area contributed by atoms with E-state index in [1.54, 1.807) is 30.2 Å². The van der Waals surface area contributed by atoms with Gasteiger partial charge in [-0.25, -0.2) is 4.98 Å². The van der Waals surface area contributed by atoms with Crippen molar-refractivity contribution in [3.8, 4) is 17.3 Å². The Hall–Kier alpha value is -2.81. The molecule has 6 nitrogen and oxygen atoms in total. The van der Waals surface area contributed by atoms with Crippen molar-refractivity contribution in [2.24, 2.45) is 7.05 Å². The third-order valence-corrected chi connectivity index (χ3v) is 2.79. The van der Waals surface area contributed by atoms with E-state index in [0.29, 0.717) is 17.0 Å².